The third-order valence-corrected chi connectivity index (χ3v) is 2.79. The minimum atomic E-state index is -0.453. The summed E-state index contributed by atoms with van der Waals surface area (Å²) in [5, 5.41) is 0. The predicted molar refractivity (Wildman–Crippen MR) is 75.9 cm³/mol. The maximum atomic E-state index is 11.5. The van der Waals surface area contributed by atoms with Gasteiger partial charge in [-0.3, -0.25) is 4.79 Å². The van der Waals surface area contributed by atoms with Gasteiger partial charge in [-0.2, -0.15) is 0 Å². The summed E-state index contributed by atoms with van der Waals surface area (Å²) >= 11 is 0. The van der Waals surface area contributed by atoms with Crippen LogP contribution in [0.15, 0.2) is 12.7 Å². The lowest BCUT2D eigenvalue weighted by atomic mass is 9.90. The van der Waals surface area contributed by atoms with E-state index in [-0.39, 0.29) is 12.6 Å². The largest absolute Gasteiger partial charge is 0.452 e. The van der Waals surface area contributed by atoms with Crippen LogP contribution in [-0.2, 0) is 9.53 Å². The Kier molecular flexibility index (Phi) is 7.43. The summed E-state index contributed by atoms with van der Waals surface area (Å²) in [6, 6.07) is 0. The fourth-order valence-electron chi connectivity index (χ4n) is 1.38. The average molecular weight is 250 g/mol. The fraction of sp³-hybridized carbons (Fsp3) is 0.688. The third-order valence-electron chi connectivity index (χ3n) is 2.79. The van der Waals surface area contributed by atoms with Gasteiger partial charge in [0.25, 0.3) is 0 Å². The first-order valence-electron chi connectivity index (χ1n) is 6.53. The first-order valence-corrected chi connectivity index (χ1v) is 6.53. The van der Waals surface area contributed by atoms with Crippen molar-refractivity contribution in [1.82, 2.24) is 0 Å². The van der Waals surface area contributed by atoms with Crippen LogP contribution in [0.4, 0.5) is 0 Å². The van der Waals surface area contributed by atoms with Gasteiger partial charge >= 0.3 is 5.97 Å². The second kappa shape index (κ2) is 7.97. The molecule has 1 atom stereocenters. The monoisotopic (exact) mass is 250 g/mol. The van der Waals surface area contributed by atoms with E-state index >= 15 is 0 Å². The molecule has 0 aromatic carbocycles. The Bertz CT molecular complexity index is 323. The molecule has 0 heterocycles. The van der Waals surface area contributed by atoms with Crippen molar-refractivity contribution in [3.8, 4) is 11.8 Å². The number of carbonyl (C=O) groups is 1. The van der Waals surface area contributed by atoms with Crippen molar-refractivity contribution in [2.75, 3.05) is 6.61 Å². The number of carbonyl (C=O) groups excluding carboxylic acids is 1. The zero-order valence-electron chi connectivity index (χ0n) is 12.4. The third kappa shape index (κ3) is 7.17. The van der Waals surface area contributed by atoms with Gasteiger partial charge in [-0.05, 0) is 39.0 Å². The number of allylic oxidation sites excluding steroid dienone is 1. The number of hydrogen-bond donors (Lipinski definition) is 0. The van der Waals surface area contributed by atoms with Gasteiger partial charge in [0.05, 0.1) is 5.41 Å². The maximum Gasteiger partial charge on any atom is 0.312 e. The number of esters is 1. The zero-order chi connectivity index (χ0) is 14.2. The Balaban J connectivity index is 4.05. The van der Waals surface area contributed by atoms with Crippen LogP contribution in [0.5, 0.6) is 0 Å². The Labute approximate surface area is 112 Å². The van der Waals surface area contributed by atoms with E-state index in [1.807, 2.05) is 26.8 Å². The first kappa shape index (κ1) is 16.8. The Morgan fingerprint density at radius 3 is 2.39 bits per heavy atom. The molecule has 2 nitrogen and oxygen atoms in total. The molecule has 0 rings (SSSR count). The molecule has 0 fully saturated rings. The summed E-state index contributed by atoms with van der Waals surface area (Å²) in [6.45, 7) is 13.8. The summed E-state index contributed by atoms with van der Waals surface area (Å²) in [6.07, 6.45) is 3.75. The topological polar surface area (TPSA) is 26.3 Å². The molecule has 1 unspecified atom stereocenters. The normalized spacial score (nSPS) is 12.6. The standard InChI is InChI=1S/C16H26O2/c1-7-10-14(13(2)3)11-8-9-12-18-15(17)16(4,5)6/h7,13-14H,1,10-12H2,2-6H3. The lowest BCUT2D eigenvalue weighted by molar-refractivity contribution is -0.151. The Hall–Kier alpha value is -1.23. The van der Waals surface area contributed by atoms with Gasteiger partial charge in [0.15, 0.2) is 6.61 Å². The van der Waals surface area contributed by atoms with E-state index in [4.69, 9.17) is 4.74 Å². The number of rotatable bonds is 5. The van der Waals surface area contributed by atoms with Crippen LogP contribution in [-0.4, -0.2) is 12.6 Å². The highest BCUT2D eigenvalue weighted by Crippen LogP contribution is 2.18. The first-order chi connectivity index (χ1) is 8.29. The predicted octanol–water partition coefficient (Wildman–Crippen LogP) is 3.82. The molecule has 0 aliphatic heterocycles. The van der Waals surface area contributed by atoms with Crippen molar-refractivity contribution in [3.05, 3.63) is 12.7 Å². The van der Waals surface area contributed by atoms with Crippen LogP contribution in [0.2, 0.25) is 0 Å². The van der Waals surface area contributed by atoms with Gasteiger partial charge < -0.3 is 4.74 Å². The zero-order valence-corrected chi connectivity index (χ0v) is 12.4. The van der Waals surface area contributed by atoms with Crippen LogP contribution in [0, 0.1) is 29.1 Å². The van der Waals surface area contributed by atoms with E-state index in [1.165, 1.54) is 0 Å². The van der Waals surface area contributed by atoms with Gasteiger partial charge in [0.2, 0.25) is 0 Å². The van der Waals surface area contributed by atoms with Crippen molar-refractivity contribution in [3.63, 3.8) is 0 Å². The second-order valence-corrected chi connectivity index (χ2v) is 5.91. The number of ether oxygens (including phenoxy) is 1. The molecule has 0 N–H and O–H groups in total. The van der Waals surface area contributed by atoms with E-state index in [9.17, 15) is 4.79 Å². The van der Waals surface area contributed by atoms with Crippen LogP contribution in [0.3, 0.4) is 0 Å². The molecular weight excluding hydrogens is 224 g/mol. The van der Waals surface area contributed by atoms with Crippen molar-refractivity contribution < 1.29 is 9.53 Å². The molecule has 0 radical (unpaired) electrons. The van der Waals surface area contributed by atoms with Gasteiger partial charge in [-0.1, -0.05) is 31.8 Å². The van der Waals surface area contributed by atoms with Crippen molar-refractivity contribution in [2.24, 2.45) is 17.3 Å². The van der Waals surface area contributed by atoms with E-state index in [1.54, 1.807) is 0 Å². The van der Waals surface area contributed by atoms with Gasteiger partial charge in [-0.25, -0.2) is 0 Å². The Morgan fingerprint density at radius 1 is 1.33 bits per heavy atom. The van der Waals surface area contributed by atoms with Crippen molar-refractivity contribution >= 4 is 5.97 Å². The Morgan fingerprint density at radius 2 is 1.94 bits per heavy atom. The molecule has 0 amide bonds. The molecule has 0 aliphatic rings. The number of hydrogen-bond acceptors (Lipinski definition) is 2. The summed E-state index contributed by atoms with van der Waals surface area (Å²) in [5.74, 6) is 6.91. The summed E-state index contributed by atoms with van der Waals surface area (Å²) in [5.41, 5.74) is -0.453. The minimum Gasteiger partial charge on any atom is -0.452 e. The molecule has 0 aromatic heterocycles. The van der Waals surface area contributed by atoms with Crippen LogP contribution in [0.25, 0.3) is 0 Å². The average Bonchev–Trinajstić information content (AvgIpc) is 2.25. The highest BCUT2D eigenvalue weighted by atomic mass is 16.5. The van der Waals surface area contributed by atoms with Crippen LogP contribution >= 0.6 is 0 Å². The molecule has 0 spiro atoms. The van der Waals surface area contributed by atoms with Crippen molar-refractivity contribution in [2.45, 2.75) is 47.5 Å². The summed E-state index contributed by atoms with van der Waals surface area (Å²) < 4.78 is 5.08. The molecule has 0 saturated carbocycles. The molecule has 2 heteroatoms. The van der Waals surface area contributed by atoms with E-state index in [0.717, 1.165) is 12.8 Å². The van der Waals surface area contributed by atoms with E-state index < -0.39 is 5.41 Å². The quantitative estimate of drug-likeness (QED) is 0.421. The smallest absolute Gasteiger partial charge is 0.312 e. The molecule has 0 aliphatic carbocycles. The highest BCUT2D eigenvalue weighted by molar-refractivity contribution is 5.75. The van der Waals surface area contributed by atoms with Crippen molar-refractivity contribution in [1.29, 1.82) is 0 Å². The molecule has 102 valence electrons. The molecule has 0 aromatic rings. The highest BCUT2D eigenvalue weighted by Gasteiger charge is 2.22. The molecule has 0 saturated heterocycles. The van der Waals surface area contributed by atoms with Crippen LogP contribution in [0.1, 0.15) is 47.5 Å². The molecular formula is C16H26O2. The molecule has 0 bridgehead atoms. The van der Waals surface area contributed by atoms with E-state index in [2.05, 4.69) is 32.3 Å². The lowest BCUT2D eigenvalue weighted by Crippen LogP contribution is -2.23. The fourth-order valence-corrected chi connectivity index (χ4v) is 1.38. The van der Waals surface area contributed by atoms with Gasteiger partial charge in [-0.15, -0.1) is 6.58 Å². The van der Waals surface area contributed by atoms with Crippen LogP contribution < -0.4 is 0 Å². The minimum absolute atomic E-state index is 0.189. The SMILES string of the molecule is C=CCC(CC#CCOC(=O)C(C)(C)C)C(C)C. The lowest BCUT2D eigenvalue weighted by Gasteiger charge is -2.16. The van der Waals surface area contributed by atoms with Gasteiger partial charge in [0, 0.05) is 6.42 Å². The summed E-state index contributed by atoms with van der Waals surface area (Å²) in [7, 11) is 0. The van der Waals surface area contributed by atoms with E-state index in [0.29, 0.717) is 11.8 Å². The van der Waals surface area contributed by atoms with Gasteiger partial charge in [0.1, 0.15) is 0 Å². The second-order valence-electron chi connectivity index (χ2n) is 5.91. The maximum absolute atomic E-state index is 11.5. The molecule has 18 heavy (non-hydrogen) atoms. The summed E-state index contributed by atoms with van der Waals surface area (Å²) in [4.78, 5) is 11.5.